The summed E-state index contributed by atoms with van der Waals surface area (Å²) in [5.41, 5.74) is 2.42. The van der Waals surface area contributed by atoms with Crippen LogP contribution < -0.4 is 5.32 Å². The summed E-state index contributed by atoms with van der Waals surface area (Å²) in [6.45, 7) is 7.80. The maximum absolute atomic E-state index is 11.9. The Balaban J connectivity index is 1.87. The molecule has 0 spiro atoms. The van der Waals surface area contributed by atoms with Crippen molar-refractivity contribution in [3.63, 3.8) is 0 Å². The molecule has 0 aliphatic carbocycles. The van der Waals surface area contributed by atoms with E-state index in [0.29, 0.717) is 10.8 Å². The van der Waals surface area contributed by atoms with Gasteiger partial charge in [-0.1, -0.05) is 6.92 Å². The van der Waals surface area contributed by atoms with Crippen LogP contribution >= 0.6 is 0 Å². The second-order valence-electron chi connectivity index (χ2n) is 6.47. The topological polar surface area (TPSA) is 89.8 Å². The Bertz CT molecular complexity index is 1040. The van der Waals surface area contributed by atoms with Crippen molar-refractivity contribution in [2.75, 3.05) is 11.1 Å². The standard InChI is InChI=1S/C19H23N5O2S/c1-5-27(25,26)16-8-6-15(7-9-16)22-19-20-11-10-17(23-19)18-12-21-14(4)24(18)13(2)3/h6-13H,5H2,1-4H3,(H,20,22,23). The van der Waals surface area contributed by atoms with Gasteiger partial charge < -0.3 is 9.88 Å². The molecule has 3 rings (SSSR count). The quantitative estimate of drug-likeness (QED) is 0.695. The first-order valence-corrected chi connectivity index (χ1v) is 10.4. The van der Waals surface area contributed by atoms with Crippen LogP contribution in [0.4, 0.5) is 11.6 Å². The highest BCUT2D eigenvalue weighted by Crippen LogP contribution is 2.24. The van der Waals surface area contributed by atoms with Gasteiger partial charge in [0.1, 0.15) is 5.82 Å². The van der Waals surface area contributed by atoms with E-state index in [1.54, 1.807) is 37.4 Å². The first kappa shape index (κ1) is 19.0. The van der Waals surface area contributed by atoms with Gasteiger partial charge in [-0.2, -0.15) is 0 Å². The van der Waals surface area contributed by atoms with E-state index in [2.05, 4.69) is 38.7 Å². The van der Waals surface area contributed by atoms with Crippen molar-refractivity contribution in [1.29, 1.82) is 0 Å². The first-order valence-electron chi connectivity index (χ1n) is 8.79. The van der Waals surface area contributed by atoms with E-state index >= 15 is 0 Å². The molecule has 0 aliphatic heterocycles. The normalized spacial score (nSPS) is 11.7. The molecule has 27 heavy (non-hydrogen) atoms. The van der Waals surface area contributed by atoms with E-state index in [1.807, 2.05) is 19.2 Å². The Kier molecular flexibility index (Phi) is 5.27. The summed E-state index contributed by atoms with van der Waals surface area (Å²) < 4.78 is 25.9. The average Bonchev–Trinajstić information content (AvgIpc) is 3.04. The third-order valence-corrected chi connectivity index (χ3v) is 6.02. The monoisotopic (exact) mass is 385 g/mol. The number of nitrogens with one attached hydrogen (secondary N) is 1. The average molecular weight is 385 g/mol. The minimum atomic E-state index is -3.21. The van der Waals surface area contributed by atoms with Gasteiger partial charge in [-0.15, -0.1) is 0 Å². The van der Waals surface area contributed by atoms with Gasteiger partial charge in [0.2, 0.25) is 5.95 Å². The predicted octanol–water partition coefficient (Wildman–Crippen LogP) is 3.77. The zero-order valence-electron chi connectivity index (χ0n) is 15.8. The summed E-state index contributed by atoms with van der Waals surface area (Å²) in [7, 11) is -3.21. The van der Waals surface area contributed by atoms with E-state index in [4.69, 9.17) is 0 Å². The number of aromatic nitrogens is 4. The maximum Gasteiger partial charge on any atom is 0.227 e. The lowest BCUT2D eigenvalue weighted by molar-refractivity contribution is 0.587. The third kappa shape index (κ3) is 4.00. The molecule has 0 bridgehead atoms. The van der Waals surface area contributed by atoms with E-state index in [9.17, 15) is 8.42 Å². The van der Waals surface area contributed by atoms with Crippen LogP contribution in [0.5, 0.6) is 0 Å². The van der Waals surface area contributed by atoms with Gasteiger partial charge in [-0.3, -0.25) is 0 Å². The molecule has 0 aliphatic rings. The fourth-order valence-corrected chi connectivity index (χ4v) is 3.78. The molecular formula is C19H23N5O2S. The molecule has 2 aromatic heterocycles. The highest BCUT2D eigenvalue weighted by atomic mass is 32.2. The number of hydrogen-bond acceptors (Lipinski definition) is 6. The van der Waals surface area contributed by atoms with Crippen LogP contribution in [0.15, 0.2) is 47.6 Å². The fourth-order valence-electron chi connectivity index (χ4n) is 2.90. The van der Waals surface area contributed by atoms with Gasteiger partial charge in [0, 0.05) is 17.9 Å². The van der Waals surface area contributed by atoms with Crippen molar-refractivity contribution in [1.82, 2.24) is 19.5 Å². The summed E-state index contributed by atoms with van der Waals surface area (Å²) in [5.74, 6) is 1.45. The van der Waals surface area contributed by atoms with Gasteiger partial charge >= 0.3 is 0 Å². The molecule has 0 amide bonds. The van der Waals surface area contributed by atoms with Crippen molar-refractivity contribution >= 4 is 21.5 Å². The summed E-state index contributed by atoms with van der Waals surface area (Å²) in [5, 5.41) is 3.12. The summed E-state index contributed by atoms with van der Waals surface area (Å²) in [6.07, 6.45) is 3.50. The largest absolute Gasteiger partial charge is 0.324 e. The number of rotatable bonds is 6. The molecule has 8 heteroatoms. The van der Waals surface area contributed by atoms with Crippen LogP contribution in [-0.2, 0) is 9.84 Å². The predicted molar refractivity (Wildman–Crippen MR) is 106 cm³/mol. The number of hydrogen-bond donors (Lipinski definition) is 1. The third-order valence-electron chi connectivity index (χ3n) is 4.27. The molecule has 0 saturated carbocycles. The Morgan fingerprint density at radius 2 is 1.81 bits per heavy atom. The van der Waals surface area contributed by atoms with Crippen LogP contribution in [0.3, 0.4) is 0 Å². The second kappa shape index (κ2) is 7.48. The molecular weight excluding hydrogens is 362 g/mol. The smallest absolute Gasteiger partial charge is 0.227 e. The zero-order chi connectivity index (χ0) is 19.6. The number of imidazole rings is 1. The molecule has 2 heterocycles. The summed E-state index contributed by atoms with van der Waals surface area (Å²) >= 11 is 0. The number of aryl methyl sites for hydroxylation is 1. The first-order chi connectivity index (χ1) is 12.8. The van der Waals surface area contributed by atoms with Crippen LogP contribution in [0.25, 0.3) is 11.4 Å². The van der Waals surface area contributed by atoms with Crippen LogP contribution in [0.1, 0.15) is 32.6 Å². The Hall–Kier alpha value is -2.74. The van der Waals surface area contributed by atoms with Crippen LogP contribution in [0, 0.1) is 6.92 Å². The van der Waals surface area contributed by atoms with Crippen molar-refractivity contribution in [3.8, 4) is 11.4 Å². The van der Waals surface area contributed by atoms with Crippen molar-refractivity contribution in [3.05, 3.63) is 48.5 Å². The van der Waals surface area contributed by atoms with E-state index < -0.39 is 9.84 Å². The lowest BCUT2D eigenvalue weighted by Gasteiger charge is -2.14. The SMILES string of the molecule is CCS(=O)(=O)c1ccc(Nc2nccc(-c3cnc(C)n3C(C)C)n2)cc1. The minimum absolute atomic E-state index is 0.0773. The zero-order valence-corrected chi connectivity index (χ0v) is 16.7. The van der Waals surface area contributed by atoms with Crippen LogP contribution in [0.2, 0.25) is 0 Å². The molecule has 0 radical (unpaired) electrons. The highest BCUT2D eigenvalue weighted by Gasteiger charge is 2.14. The summed E-state index contributed by atoms with van der Waals surface area (Å²) in [4.78, 5) is 13.5. The van der Waals surface area contributed by atoms with E-state index in [-0.39, 0.29) is 11.8 Å². The Morgan fingerprint density at radius 1 is 1.11 bits per heavy atom. The number of nitrogens with zero attached hydrogens (tertiary/aromatic N) is 4. The lowest BCUT2D eigenvalue weighted by atomic mass is 10.2. The molecule has 142 valence electrons. The lowest BCUT2D eigenvalue weighted by Crippen LogP contribution is -2.06. The van der Waals surface area contributed by atoms with Crippen LogP contribution in [-0.4, -0.2) is 33.7 Å². The number of anilines is 2. The Morgan fingerprint density at radius 3 is 2.44 bits per heavy atom. The van der Waals surface area contributed by atoms with Crippen molar-refractivity contribution in [2.24, 2.45) is 0 Å². The molecule has 3 aromatic rings. The minimum Gasteiger partial charge on any atom is -0.324 e. The molecule has 1 N–H and O–H groups in total. The number of benzene rings is 1. The van der Waals surface area contributed by atoms with Gasteiger partial charge in [-0.05, 0) is 51.1 Å². The van der Waals surface area contributed by atoms with Gasteiger partial charge in [0.15, 0.2) is 9.84 Å². The molecule has 0 saturated heterocycles. The fraction of sp³-hybridized carbons (Fsp3) is 0.316. The van der Waals surface area contributed by atoms with E-state index in [0.717, 1.165) is 22.9 Å². The molecule has 0 unspecified atom stereocenters. The highest BCUT2D eigenvalue weighted by molar-refractivity contribution is 7.91. The second-order valence-corrected chi connectivity index (χ2v) is 8.75. The number of sulfone groups is 1. The maximum atomic E-state index is 11.9. The van der Waals surface area contributed by atoms with Gasteiger partial charge in [0.05, 0.1) is 28.2 Å². The Labute approximate surface area is 159 Å². The van der Waals surface area contributed by atoms with E-state index in [1.165, 1.54) is 0 Å². The van der Waals surface area contributed by atoms with Gasteiger partial charge in [-0.25, -0.2) is 23.4 Å². The van der Waals surface area contributed by atoms with Crippen molar-refractivity contribution in [2.45, 2.75) is 38.6 Å². The molecule has 0 fully saturated rings. The molecule has 0 atom stereocenters. The summed E-state index contributed by atoms with van der Waals surface area (Å²) in [6, 6.07) is 8.70. The van der Waals surface area contributed by atoms with Crippen molar-refractivity contribution < 1.29 is 8.42 Å². The molecule has 7 nitrogen and oxygen atoms in total. The molecule has 1 aromatic carbocycles. The van der Waals surface area contributed by atoms with Gasteiger partial charge in [0.25, 0.3) is 0 Å².